The fourth-order valence-electron chi connectivity index (χ4n) is 0.331. The summed E-state index contributed by atoms with van der Waals surface area (Å²) in [4.78, 5) is 9.72. The predicted molar refractivity (Wildman–Crippen MR) is 37.6 cm³/mol. The first-order chi connectivity index (χ1) is 4.18. The summed E-state index contributed by atoms with van der Waals surface area (Å²) in [6.45, 7) is 2.32. The van der Waals surface area contributed by atoms with E-state index in [0.29, 0.717) is 13.0 Å². The van der Waals surface area contributed by atoms with Crippen LogP contribution in [0.4, 0.5) is 0 Å². The van der Waals surface area contributed by atoms with Gasteiger partial charge in [0.25, 0.3) is 0 Å². The van der Waals surface area contributed by atoms with E-state index in [9.17, 15) is 9.00 Å². The Hall–Kier alpha value is -0.380. The molecule has 0 heterocycles. The molecule has 0 aliphatic heterocycles. The van der Waals surface area contributed by atoms with Crippen LogP contribution >= 0.6 is 0 Å². The monoisotopic (exact) mass is 149 g/mol. The Balaban J connectivity index is 3.37. The molecule has 0 saturated heterocycles. The second-order valence-electron chi connectivity index (χ2n) is 1.84. The zero-order valence-electron chi connectivity index (χ0n) is 5.59. The molecule has 0 aromatic rings. The van der Waals surface area contributed by atoms with Gasteiger partial charge in [-0.2, -0.15) is 0 Å². The summed E-state index contributed by atoms with van der Waals surface area (Å²) in [5.41, 5.74) is 0. The Morgan fingerprint density at radius 3 is 2.67 bits per heavy atom. The molecule has 0 radical (unpaired) electrons. The van der Waals surface area contributed by atoms with E-state index in [1.165, 1.54) is 0 Å². The van der Waals surface area contributed by atoms with Crippen molar-refractivity contribution in [1.82, 2.24) is 5.32 Å². The number of amides is 1. The highest BCUT2D eigenvalue weighted by molar-refractivity contribution is 7.84. The fourth-order valence-corrected chi connectivity index (χ4v) is 0.662. The Morgan fingerprint density at radius 1 is 1.78 bits per heavy atom. The molecule has 4 heteroatoms. The molecule has 9 heavy (non-hydrogen) atoms. The normalized spacial score (nSPS) is 16.2. The first-order valence-electron chi connectivity index (χ1n) is 2.67. The molecule has 0 saturated carbocycles. The van der Waals surface area contributed by atoms with Crippen LogP contribution < -0.4 is 5.32 Å². The van der Waals surface area contributed by atoms with Crippen molar-refractivity contribution in [2.75, 3.05) is 12.8 Å². The molecule has 0 aliphatic rings. The fraction of sp³-hybridized carbons (Fsp3) is 0.800. The molecule has 0 aromatic heterocycles. The van der Waals surface area contributed by atoms with E-state index in [1.807, 2.05) is 6.92 Å². The smallest absolute Gasteiger partial charge is 0.207 e. The summed E-state index contributed by atoms with van der Waals surface area (Å²) in [6, 6.07) is 0. The molecule has 1 N–H and O–H groups in total. The highest BCUT2D eigenvalue weighted by atomic mass is 32.2. The Labute approximate surface area is 57.3 Å². The van der Waals surface area contributed by atoms with Crippen LogP contribution in [0, 0.1) is 0 Å². The lowest BCUT2D eigenvalue weighted by Gasteiger charge is -2.04. The zero-order valence-corrected chi connectivity index (χ0v) is 6.40. The molecule has 0 aromatic carbocycles. The van der Waals surface area contributed by atoms with Gasteiger partial charge in [0.15, 0.2) is 0 Å². The standard InChI is InChI=1S/C5H11NO2S/c1-5(9(2)8)3-6-4-7/h4-5H,3H2,1-2H3,(H,6,7). The number of carbonyl (C=O) groups is 1. The van der Waals surface area contributed by atoms with Gasteiger partial charge >= 0.3 is 0 Å². The maximum Gasteiger partial charge on any atom is 0.207 e. The second kappa shape index (κ2) is 4.49. The van der Waals surface area contributed by atoms with Crippen molar-refractivity contribution in [2.24, 2.45) is 0 Å². The van der Waals surface area contributed by atoms with Gasteiger partial charge in [0.2, 0.25) is 6.41 Å². The molecule has 0 spiro atoms. The van der Waals surface area contributed by atoms with Crippen molar-refractivity contribution in [1.29, 1.82) is 0 Å². The average Bonchev–Trinajstić information content (AvgIpc) is 1.82. The molecule has 0 aliphatic carbocycles. The predicted octanol–water partition coefficient (Wildman–Crippen LogP) is -0.501. The zero-order chi connectivity index (χ0) is 7.28. The van der Waals surface area contributed by atoms with Gasteiger partial charge in [-0.25, -0.2) is 0 Å². The van der Waals surface area contributed by atoms with Gasteiger partial charge in [0, 0.05) is 28.9 Å². The van der Waals surface area contributed by atoms with E-state index >= 15 is 0 Å². The van der Waals surface area contributed by atoms with Gasteiger partial charge in [0.1, 0.15) is 0 Å². The van der Waals surface area contributed by atoms with Gasteiger partial charge in [-0.05, 0) is 6.92 Å². The van der Waals surface area contributed by atoms with Crippen molar-refractivity contribution in [3.05, 3.63) is 0 Å². The van der Waals surface area contributed by atoms with Gasteiger partial charge in [-0.3, -0.25) is 9.00 Å². The highest BCUT2D eigenvalue weighted by Gasteiger charge is 2.02. The van der Waals surface area contributed by atoms with Crippen molar-refractivity contribution in [2.45, 2.75) is 12.2 Å². The van der Waals surface area contributed by atoms with E-state index in [4.69, 9.17) is 0 Å². The maximum atomic E-state index is 10.6. The first kappa shape index (κ1) is 8.62. The maximum absolute atomic E-state index is 10.6. The first-order valence-corrected chi connectivity index (χ1v) is 4.30. The summed E-state index contributed by atoms with van der Waals surface area (Å²) in [7, 11) is -0.833. The van der Waals surface area contributed by atoms with Crippen LogP contribution in [-0.2, 0) is 15.6 Å². The van der Waals surface area contributed by atoms with E-state index in [0.717, 1.165) is 0 Å². The van der Waals surface area contributed by atoms with Crippen LogP contribution in [0.2, 0.25) is 0 Å². The number of carbonyl (C=O) groups excluding carboxylic acids is 1. The molecule has 2 unspecified atom stereocenters. The third-order valence-corrected chi connectivity index (χ3v) is 2.36. The molecule has 0 rings (SSSR count). The molecule has 3 nitrogen and oxygen atoms in total. The SMILES string of the molecule is CC(CNC=O)S(C)=O. The topological polar surface area (TPSA) is 46.2 Å². The van der Waals surface area contributed by atoms with Gasteiger partial charge in [-0.1, -0.05) is 0 Å². The lowest BCUT2D eigenvalue weighted by Crippen LogP contribution is -2.26. The minimum Gasteiger partial charge on any atom is -0.357 e. The third-order valence-electron chi connectivity index (χ3n) is 1.06. The summed E-state index contributed by atoms with van der Waals surface area (Å²) < 4.78 is 10.6. The van der Waals surface area contributed by atoms with E-state index < -0.39 is 10.8 Å². The average molecular weight is 149 g/mol. The molecule has 54 valence electrons. The number of rotatable bonds is 4. The summed E-state index contributed by atoms with van der Waals surface area (Å²) in [5, 5.41) is 2.51. The third kappa shape index (κ3) is 4.14. The van der Waals surface area contributed by atoms with Crippen molar-refractivity contribution >= 4 is 17.2 Å². The van der Waals surface area contributed by atoms with E-state index in [-0.39, 0.29) is 5.25 Å². The quantitative estimate of drug-likeness (QED) is 0.548. The van der Waals surface area contributed by atoms with Crippen LogP contribution in [0.1, 0.15) is 6.92 Å². The molecule has 0 bridgehead atoms. The lowest BCUT2D eigenvalue weighted by atomic mass is 10.5. The molecular formula is C5H11NO2S. The van der Waals surface area contributed by atoms with Crippen LogP contribution in [-0.4, -0.2) is 28.7 Å². The number of hydrogen-bond donors (Lipinski definition) is 1. The molecule has 1 amide bonds. The van der Waals surface area contributed by atoms with Crippen molar-refractivity contribution < 1.29 is 9.00 Å². The van der Waals surface area contributed by atoms with Crippen molar-refractivity contribution in [3.8, 4) is 0 Å². The summed E-state index contributed by atoms with van der Waals surface area (Å²) >= 11 is 0. The molecule has 0 fully saturated rings. The number of nitrogens with one attached hydrogen (secondary N) is 1. The summed E-state index contributed by atoms with van der Waals surface area (Å²) in [5.74, 6) is 0. The number of hydrogen-bond acceptors (Lipinski definition) is 2. The van der Waals surface area contributed by atoms with Gasteiger partial charge in [-0.15, -0.1) is 0 Å². The lowest BCUT2D eigenvalue weighted by molar-refractivity contribution is -0.109. The van der Waals surface area contributed by atoms with Crippen LogP contribution in [0.5, 0.6) is 0 Å². The van der Waals surface area contributed by atoms with E-state index in [1.54, 1.807) is 6.26 Å². The van der Waals surface area contributed by atoms with Gasteiger partial charge in [0.05, 0.1) is 0 Å². The van der Waals surface area contributed by atoms with Crippen LogP contribution in [0.25, 0.3) is 0 Å². The highest BCUT2D eigenvalue weighted by Crippen LogP contribution is 1.87. The minimum atomic E-state index is -0.833. The van der Waals surface area contributed by atoms with Gasteiger partial charge < -0.3 is 5.32 Å². The Bertz CT molecular complexity index is 116. The van der Waals surface area contributed by atoms with Crippen molar-refractivity contribution in [3.63, 3.8) is 0 Å². The Kier molecular flexibility index (Phi) is 4.30. The van der Waals surface area contributed by atoms with Crippen LogP contribution in [0.3, 0.4) is 0 Å². The summed E-state index contributed by atoms with van der Waals surface area (Å²) in [6.07, 6.45) is 2.24. The largest absolute Gasteiger partial charge is 0.357 e. The van der Waals surface area contributed by atoms with E-state index in [2.05, 4.69) is 5.32 Å². The molecular weight excluding hydrogens is 138 g/mol. The Morgan fingerprint density at radius 2 is 2.33 bits per heavy atom. The van der Waals surface area contributed by atoms with Crippen LogP contribution in [0.15, 0.2) is 0 Å². The second-order valence-corrected chi connectivity index (χ2v) is 3.64. The molecule has 2 atom stereocenters. The minimum absolute atomic E-state index is 0.0511.